The molecule has 0 radical (unpaired) electrons. The lowest BCUT2D eigenvalue weighted by molar-refractivity contribution is 0.0995. The van der Waals surface area contributed by atoms with Gasteiger partial charge in [-0.15, -0.1) is 0 Å². The number of aromatic nitrogens is 3. The highest BCUT2D eigenvalue weighted by molar-refractivity contribution is 7.16. The molecule has 4 heterocycles. The van der Waals surface area contributed by atoms with Crippen LogP contribution in [-0.2, 0) is 0 Å². The highest BCUT2D eigenvalue weighted by Gasteiger charge is 2.21. The van der Waals surface area contributed by atoms with E-state index in [0.717, 1.165) is 53.3 Å². The van der Waals surface area contributed by atoms with Gasteiger partial charge in [-0.3, -0.25) is 4.79 Å². The summed E-state index contributed by atoms with van der Waals surface area (Å²) in [6, 6.07) is 11.0. The Morgan fingerprint density at radius 3 is 2.76 bits per heavy atom. The number of ether oxygens (including phenoxy) is 1. The number of pyridine rings is 1. The molecule has 0 aliphatic carbocycles. The molecule has 1 amide bonds. The van der Waals surface area contributed by atoms with Gasteiger partial charge in [0.05, 0.1) is 6.61 Å². The predicted molar refractivity (Wildman–Crippen MR) is 133 cm³/mol. The van der Waals surface area contributed by atoms with Crippen molar-refractivity contribution in [2.75, 3.05) is 42.6 Å². The topological polar surface area (TPSA) is 111 Å². The van der Waals surface area contributed by atoms with Crippen molar-refractivity contribution in [3.8, 4) is 5.75 Å². The minimum atomic E-state index is -0.517. The van der Waals surface area contributed by atoms with E-state index in [1.165, 1.54) is 0 Å². The highest BCUT2D eigenvalue weighted by Crippen LogP contribution is 2.27. The molecular formula is C24H24N6O3S. The SMILES string of the molecule is CCOc1ccc2nc(/C=C/c3cnc(N4CCN(c5cccc(C(N)=O)n5)CC4)s3)oc2c1. The summed E-state index contributed by atoms with van der Waals surface area (Å²) in [5.74, 6) is 1.56. The normalized spacial score (nSPS) is 14.3. The lowest BCUT2D eigenvalue weighted by Crippen LogP contribution is -2.46. The van der Waals surface area contributed by atoms with Crippen LogP contribution in [0.1, 0.15) is 28.2 Å². The van der Waals surface area contributed by atoms with Gasteiger partial charge in [-0.25, -0.2) is 15.0 Å². The summed E-state index contributed by atoms with van der Waals surface area (Å²) in [6.07, 6.45) is 5.68. The van der Waals surface area contributed by atoms with Crippen molar-refractivity contribution >= 4 is 51.4 Å². The van der Waals surface area contributed by atoms with Crippen molar-refractivity contribution in [3.05, 3.63) is 59.1 Å². The molecule has 0 saturated carbocycles. The first kappa shape index (κ1) is 21.9. The smallest absolute Gasteiger partial charge is 0.267 e. The van der Waals surface area contributed by atoms with Gasteiger partial charge in [-0.05, 0) is 37.3 Å². The molecule has 5 rings (SSSR count). The summed E-state index contributed by atoms with van der Waals surface area (Å²) < 4.78 is 11.3. The number of oxazole rings is 1. The number of hydrogen-bond acceptors (Lipinski definition) is 9. The Balaban J connectivity index is 1.22. The first-order chi connectivity index (χ1) is 16.6. The molecule has 0 bridgehead atoms. The summed E-state index contributed by atoms with van der Waals surface area (Å²) in [4.78, 5) is 30.3. The second-order valence-corrected chi connectivity index (χ2v) is 8.75. The van der Waals surface area contributed by atoms with Gasteiger partial charge in [0.2, 0.25) is 5.89 Å². The van der Waals surface area contributed by atoms with Gasteiger partial charge in [-0.2, -0.15) is 0 Å². The second kappa shape index (κ2) is 9.52. The lowest BCUT2D eigenvalue weighted by Gasteiger charge is -2.35. The molecule has 9 nitrogen and oxygen atoms in total. The van der Waals surface area contributed by atoms with E-state index >= 15 is 0 Å². The number of anilines is 2. The molecule has 1 saturated heterocycles. The van der Waals surface area contributed by atoms with Crippen molar-refractivity contribution in [1.82, 2.24) is 15.0 Å². The number of primary amides is 1. The van der Waals surface area contributed by atoms with Crippen LogP contribution in [0, 0.1) is 0 Å². The van der Waals surface area contributed by atoms with Crippen molar-refractivity contribution in [3.63, 3.8) is 0 Å². The second-order valence-electron chi connectivity index (χ2n) is 7.71. The quantitative estimate of drug-likeness (QED) is 0.430. The zero-order chi connectivity index (χ0) is 23.5. The maximum Gasteiger partial charge on any atom is 0.267 e. The van der Waals surface area contributed by atoms with Gasteiger partial charge < -0.3 is 24.7 Å². The molecule has 4 aromatic rings. The Hall–Kier alpha value is -3.92. The predicted octanol–water partition coefficient (Wildman–Crippen LogP) is 3.67. The van der Waals surface area contributed by atoms with Gasteiger partial charge in [-0.1, -0.05) is 17.4 Å². The maximum atomic E-state index is 11.4. The number of fused-ring (bicyclic) bond motifs is 1. The third-order valence-electron chi connectivity index (χ3n) is 5.45. The molecule has 34 heavy (non-hydrogen) atoms. The van der Waals surface area contributed by atoms with Crippen LogP contribution in [0.5, 0.6) is 5.75 Å². The number of nitrogens with zero attached hydrogens (tertiary/aromatic N) is 5. The van der Waals surface area contributed by atoms with Crippen LogP contribution in [0.15, 0.2) is 47.0 Å². The van der Waals surface area contributed by atoms with Crippen molar-refractivity contribution in [2.45, 2.75) is 6.92 Å². The number of carbonyl (C=O) groups excluding carboxylic acids is 1. The molecule has 2 N–H and O–H groups in total. The largest absolute Gasteiger partial charge is 0.494 e. The van der Waals surface area contributed by atoms with Crippen LogP contribution in [0.25, 0.3) is 23.3 Å². The summed E-state index contributed by atoms with van der Waals surface area (Å²) >= 11 is 1.62. The Morgan fingerprint density at radius 1 is 1.15 bits per heavy atom. The number of rotatable bonds is 7. The number of thiazole rings is 1. The van der Waals surface area contributed by atoms with Gasteiger partial charge in [0, 0.05) is 49.4 Å². The molecule has 3 aromatic heterocycles. The average molecular weight is 477 g/mol. The van der Waals surface area contributed by atoms with Crippen molar-refractivity contribution < 1.29 is 13.9 Å². The zero-order valence-electron chi connectivity index (χ0n) is 18.7. The zero-order valence-corrected chi connectivity index (χ0v) is 19.5. The molecule has 1 fully saturated rings. The number of nitrogens with two attached hydrogens (primary N) is 1. The first-order valence-electron chi connectivity index (χ1n) is 11.0. The minimum absolute atomic E-state index is 0.282. The molecule has 0 atom stereocenters. The standard InChI is InChI=1S/C24H24N6O3S/c1-2-32-16-6-8-18-20(14-16)33-22(28-18)9-7-17-15-26-24(34-17)30-12-10-29(11-13-30)21-5-3-4-19(27-21)23(25)31/h3-9,14-15H,2,10-13H2,1H3,(H2,25,31)/b9-7+. The third-order valence-corrected chi connectivity index (χ3v) is 6.47. The molecule has 0 spiro atoms. The molecule has 10 heteroatoms. The maximum absolute atomic E-state index is 11.4. The van der Waals surface area contributed by atoms with Crippen LogP contribution < -0.4 is 20.3 Å². The Bertz CT molecular complexity index is 1340. The van der Waals surface area contributed by atoms with Gasteiger partial charge >= 0.3 is 0 Å². The summed E-state index contributed by atoms with van der Waals surface area (Å²) in [7, 11) is 0. The third kappa shape index (κ3) is 4.72. The molecule has 1 aromatic carbocycles. The minimum Gasteiger partial charge on any atom is -0.494 e. The summed E-state index contributed by atoms with van der Waals surface area (Å²) in [5, 5.41) is 0.970. The number of hydrogen-bond donors (Lipinski definition) is 1. The van der Waals surface area contributed by atoms with E-state index in [-0.39, 0.29) is 5.69 Å². The van der Waals surface area contributed by atoms with E-state index in [2.05, 4.69) is 24.8 Å². The van der Waals surface area contributed by atoms with Crippen LogP contribution >= 0.6 is 11.3 Å². The fourth-order valence-corrected chi connectivity index (χ4v) is 4.64. The summed E-state index contributed by atoms with van der Waals surface area (Å²) in [6.45, 7) is 5.75. The number of piperazine rings is 1. The van der Waals surface area contributed by atoms with Gasteiger partial charge in [0.1, 0.15) is 22.8 Å². The van der Waals surface area contributed by atoms with E-state index in [4.69, 9.17) is 14.9 Å². The van der Waals surface area contributed by atoms with Crippen molar-refractivity contribution in [1.29, 1.82) is 0 Å². The number of benzene rings is 1. The fraction of sp³-hybridized carbons (Fsp3) is 0.250. The van der Waals surface area contributed by atoms with Crippen molar-refractivity contribution in [2.24, 2.45) is 5.73 Å². The Kier molecular flexibility index (Phi) is 6.13. The van der Waals surface area contributed by atoms with Crippen LogP contribution in [-0.4, -0.2) is 53.6 Å². The molecular weight excluding hydrogens is 452 g/mol. The molecule has 174 valence electrons. The highest BCUT2D eigenvalue weighted by atomic mass is 32.1. The van der Waals surface area contributed by atoms with Crippen LogP contribution in [0.4, 0.5) is 10.9 Å². The van der Waals surface area contributed by atoms with E-state index in [9.17, 15) is 4.79 Å². The average Bonchev–Trinajstić information content (AvgIpc) is 3.50. The van der Waals surface area contributed by atoms with E-state index < -0.39 is 5.91 Å². The Morgan fingerprint density at radius 2 is 1.97 bits per heavy atom. The Labute approximate surface area is 200 Å². The van der Waals surface area contributed by atoms with E-state index in [1.54, 1.807) is 17.4 Å². The first-order valence-corrected chi connectivity index (χ1v) is 11.8. The van der Waals surface area contributed by atoms with E-state index in [0.29, 0.717) is 18.1 Å². The fourth-order valence-electron chi connectivity index (χ4n) is 3.77. The monoisotopic (exact) mass is 476 g/mol. The van der Waals surface area contributed by atoms with E-state index in [1.807, 2.05) is 55.6 Å². The van der Waals surface area contributed by atoms with Crippen LogP contribution in [0.3, 0.4) is 0 Å². The number of amides is 1. The lowest BCUT2D eigenvalue weighted by atomic mass is 10.3. The molecule has 1 aliphatic rings. The molecule has 0 unspecified atom stereocenters. The van der Waals surface area contributed by atoms with Gasteiger partial charge in [0.25, 0.3) is 5.91 Å². The van der Waals surface area contributed by atoms with Gasteiger partial charge in [0.15, 0.2) is 10.7 Å². The summed E-state index contributed by atoms with van der Waals surface area (Å²) in [5.41, 5.74) is 7.13. The number of carbonyl (C=O) groups is 1. The van der Waals surface area contributed by atoms with Crippen LogP contribution in [0.2, 0.25) is 0 Å². The molecule has 1 aliphatic heterocycles.